The summed E-state index contributed by atoms with van der Waals surface area (Å²) in [6, 6.07) is 16.9. The van der Waals surface area contributed by atoms with Crippen LogP contribution >= 0.6 is 11.6 Å². The van der Waals surface area contributed by atoms with Gasteiger partial charge in [-0.3, -0.25) is 0 Å². The zero-order chi connectivity index (χ0) is 16.1. The standard InChI is InChI=1S/C18H22ClN3O/c19-11-15(23)12-21-14-7-5-13(6-8-14)16-9-10-20-17-3-1-2-4-18(17)22-16/h1-8,15-16,20-23H,9-12H2. The second kappa shape index (κ2) is 7.57. The van der Waals surface area contributed by atoms with Crippen molar-refractivity contribution in [2.45, 2.75) is 18.6 Å². The van der Waals surface area contributed by atoms with E-state index in [4.69, 9.17) is 11.6 Å². The van der Waals surface area contributed by atoms with Gasteiger partial charge >= 0.3 is 0 Å². The lowest BCUT2D eigenvalue weighted by Gasteiger charge is -2.18. The Hall–Kier alpha value is -1.91. The van der Waals surface area contributed by atoms with E-state index in [9.17, 15) is 5.11 Å². The number of aliphatic hydroxyl groups excluding tert-OH is 1. The summed E-state index contributed by atoms with van der Waals surface area (Å²) < 4.78 is 0. The molecule has 0 aromatic heterocycles. The summed E-state index contributed by atoms with van der Waals surface area (Å²) in [6.45, 7) is 1.40. The van der Waals surface area contributed by atoms with E-state index < -0.39 is 6.10 Å². The van der Waals surface area contributed by atoms with Crippen LogP contribution in [-0.2, 0) is 0 Å². The smallest absolute Gasteiger partial charge is 0.0847 e. The maximum absolute atomic E-state index is 9.49. The average molecular weight is 332 g/mol. The second-order valence-corrected chi connectivity index (χ2v) is 6.08. The first-order chi connectivity index (χ1) is 11.3. The van der Waals surface area contributed by atoms with Crippen molar-refractivity contribution in [1.29, 1.82) is 0 Å². The summed E-state index contributed by atoms with van der Waals surface area (Å²) in [5, 5.41) is 19.8. The highest BCUT2D eigenvalue weighted by molar-refractivity contribution is 6.18. The van der Waals surface area contributed by atoms with Crippen LogP contribution in [0.15, 0.2) is 48.5 Å². The number of hydrogen-bond donors (Lipinski definition) is 4. The summed E-state index contributed by atoms with van der Waals surface area (Å²) in [4.78, 5) is 0. The minimum Gasteiger partial charge on any atom is -0.390 e. The van der Waals surface area contributed by atoms with Crippen LogP contribution in [0.1, 0.15) is 18.0 Å². The third kappa shape index (κ3) is 4.09. The van der Waals surface area contributed by atoms with Crippen LogP contribution in [0.25, 0.3) is 0 Å². The predicted molar refractivity (Wildman–Crippen MR) is 97.6 cm³/mol. The molecule has 4 N–H and O–H groups in total. The van der Waals surface area contributed by atoms with E-state index in [0.29, 0.717) is 6.54 Å². The third-order valence-electron chi connectivity index (χ3n) is 4.04. The van der Waals surface area contributed by atoms with Gasteiger partial charge in [0, 0.05) is 18.8 Å². The van der Waals surface area contributed by atoms with Crippen LogP contribution in [-0.4, -0.2) is 30.2 Å². The van der Waals surface area contributed by atoms with Crippen molar-refractivity contribution in [1.82, 2.24) is 0 Å². The fourth-order valence-corrected chi connectivity index (χ4v) is 2.86. The molecule has 0 saturated heterocycles. The Balaban J connectivity index is 1.67. The van der Waals surface area contributed by atoms with Gasteiger partial charge in [0.2, 0.25) is 0 Å². The first-order valence-electron chi connectivity index (χ1n) is 7.93. The monoisotopic (exact) mass is 331 g/mol. The fourth-order valence-electron chi connectivity index (χ4n) is 2.75. The minimum atomic E-state index is -0.526. The van der Waals surface area contributed by atoms with Gasteiger partial charge in [0.1, 0.15) is 0 Å². The van der Waals surface area contributed by atoms with Gasteiger partial charge in [-0.15, -0.1) is 11.6 Å². The molecule has 0 bridgehead atoms. The zero-order valence-corrected chi connectivity index (χ0v) is 13.7. The molecule has 2 unspecified atom stereocenters. The van der Waals surface area contributed by atoms with E-state index in [0.717, 1.165) is 30.0 Å². The number of hydrogen-bond acceptors (Lipinski definition) is 4. The molecule has 3 rings (SSSR count). The van der Waals surface area contributed by atoms with Crippen LogP contribution in [0.3, 0.4) is 0 Å². The Morgan fingerprint density at radius 3 is 2.61 bits per heavy atom. The van der Waals surface area contributed by atoms with Crippen molar-refractivity contribution in [2.75, 3.05) is 34.9 Å². The van der Waals surface area contributed by atoms with Gasteiger partial charge in [-0.25, -0.2) is 0 Å². The van der Waals surface area contributed by atoms with E-state index in [1.165, 1.54) is 5.56 Å². The van der Waals surface area contributed by atoms with E-state index in [1.807, 2.05) is 24.3 Å². The molecular formula is C18H22ClN3O. The minimum absolute atomic E-state index is 0.240. The SMILES string of the molecule is OC(CCl)CNc1ccc(C2CCNc3ccccc3N2)cc1. The first kappa shape index (κ1) is 16.0. The van der Waals surface area contributed by atoms with E-state index in [1.54, 1.807) is 0 Å². The number of alkyl halides is 1. The Morgan fingerprint density at radius 2 is 1.87 bits per heavy atom. The van der Waals surface area contributed by atoms with Crippen molar-refractivity contribution >= 4 is 28.7 Å². The largest absolute Gasteiger partial charge is 0.390 e. The van der Waals surface area contributed by atoms with Gasteiger partial charge in [0.25, 0.3) is 0 Å². The zero-order valence-electron chi connectivity index (χ0n) is 12.9. The molecule has 2 atom stereocenters. The maximum Gasteiger partial charge on any atom is 0.0847 e. The van der Waals surface area contributed by atoms with Crippen molar-refractivity contribution < 1.29 is 5.11 Å². The lowest BCUT2D eigenvalue weighted by Crippen LogP contribution is -2.20. The van der Waals surface area contributed by atoms with Gasteiger partial charge in [0.05, 0.1) is 29.4 Å². The fraction of sp³-hybridized carbons (Fsp3) is 0.333. The molecule has 1 heterocycles. The van der Waals surface area contributed by atoms with E-state index in [2.05, 4.69) is 40.2 Å². The quantitative estimate of drug-likeness (QED) is 0.631. The third-order valence-corrected chi connectivity index (χ3v) is 4.39. The number of halogens is 1. The van der Waals surface area contributed by atoms with E-state index >= 15 is 0 Å². The Kier molecular flexibility index (Phi) is 5.26. The molecule has 4 nitrogen and oxygen atoms in total. The Bertz CT molecular complexity index is 632. The molecule has 5 heteroatoms. The summed E-state index contributed by atoms with van der Waals surface area (Å²) in [5.74, 6) is 0.240. The molecule has 0 saturated carbocycles. The predicted octanol–water partition coefficient (Wildman–Crippen LogP) is 3.67. The Labute approximate surface area is 141 Å². The normalized spacial score (nSPS) is 18.1. The van der Waals surface area contributed by atoms with E-state index in [-0.39, 0.29) is 11.9 Å². The molecular weight excluding hydrogens is 310 g/mol. The molecule has 2 aromatic carbocycles. The number of anilines is 3. The number of para-hydroxylation sites is 2. The topological polar surface area (TPSA) is 56.3 Å². The molecule has 122 valence electrons. The molecule has 0 fully saturated rings. The summed E-state index contributed by atoms with van der Waals surface area (Å²) in [7, 11) is 0. The summed E-state index contributed by atoms with van der Waals surface area (Å²) in [6.07, 6.45) is 0.495. The number of rotatable bonds is 5. The molecule has 2 aromatic rings. The van der Waals surface area contributed by atoms with Gasteiger partial charge in [0.15, 0.2) is 0 Å². The van der Waals surface area contributed by atoms with Gasteiger partial charge in [-0.2, -0.15) is 0 Å². The number of nitrogens with one attached hydrogen (secondary N) is 3. The maximum atomic E-state index is 9.49. The molecule has 0 amide bonds. The van der Waals surface area contributed by atoms with Crippen molar-refractivity contribution in [3.05, 3.63) is 54.1 Å². The molecule has 0 spiro atoms. The van der Waals surface area contributed by atoms with Crippen molar-refractivity contribution in [2.24, 2.45) is 0 Å². The van der Waals surface area contributed by atoms with Crippen LogP contribution in [0, 0.1) is 0 Å². The number of aliphatic hydroxyl groups is 1. The van der Waals surface area contributed by atoms with Gasteiger partial charge in [-0.1, -0.05) is 24.3 Å². The molecule has 0 radical (unpaired) electrons. The van der Waals surface area contributed by atoms with Crippen LogP contribution in [0.5, 0.6) is 0 Å². The number of fused-ring (bicyclic) bond motifs is 1. The van der Waals surface area contributed by atoms with Gasteiger partial charge < -0.3 is 21.1 Å². The molecule has 1 aliphatic heterocycles. The highest BCUT2D eigenvalue weighted by Crippen LogP contribution is 2.31. The van der Waals surface area contributed by atoms with Gasteiger partial charge in [-0.05, 0) is 36.2 Å². The molecule has 23 heavy (non-hydrogen) atoms. The van der Waals surface area contributed by atoms with Crippen LogP contribution < -0.4 is 16.0 Å². The Morgan fingerprint density at radius 1 is 1.13 bits per heavy atom. The van der Waals surface area contributed by atoms with Crippen molar-refractivity contribution in [3.8, 4) is 0 Å². The van der Waals surface area contributed by atoms with Crippen LogP contribution in [0.4, 0.5) is 17.1 Å². The second-order valence-electron chi connectivity index (χ2n) is 5.77. The van der Waals surface area contributed by atoms with Crippen LogP contribution in [0.2, 0.25) is 0 Å². The number of benzene rings is 2. The summed E-state index contributed by atoms with van der Waals surface area (Å²) >= 11 is 5.60. The lowest BCUT2D eigenvalue weighted by molar-refractivity contribution is 0.211. The first-order valence-corrected chi connectivity index (χ1v) is 8.47. The highest BCUT2D eigenvalue weighted by Gasteiger charge is 2.16. The average Bonchev–Trinajstić information content (AvgIpc) is 2.82. The summed E-state index contributed by atoms with van der Waals surface area (Å²) in [5.41, 5.74) is 4.54. The molecule has 0 aliphatic carbocycles. The lowest BCUT2D eigenvalue weighted by atomic mass is 10.0. The van der Waals surface area contributed by atoms with Crippen molar-refractivity contribution in [3.63, 3.8) is 0 Å². The molecule has 1 aliphatic rings. The highest BCUT2D eigenvalue weighted by atomic mass is 35.5.